The maximum atomic E-state index is 6.98. The van der Waals surface area contributed by atoms with Crippen molar-refractivity contribution in [3.63, 3.8) is 0 Å². The number of rotatable bonds is 7. The second-order valence-electron chi connectivity index (χ2n) is 10.6. The Hall–Kier alpha value is -4.27. The van der Waals surface area contributed by atoms with Crippen molar-refractivity contribution >= 4 is 46.0 Å². The number of nitrogens with zero attached hydrogens (tertiary/aromatic N) is 2. The molecular formula is C41H33Cl2N2Ni+. The van der Waals surface area contributed by atoms with Gasteiger partial charge in [-0.1, -0.05) is 145 Å². The zero-order valence-corrected chi connectivity index (χ0v) is 28.3. The summed E-state index contributed by atoms with van der Waals surface area (Å²) < 4.78 is 0. The fourth-order valence-corrected chi connectivity index (χ4v) is 5.72. The molecule has 0 bridgehead atoms. The number of halogens is 2. The average molecular weight is 683 g/mol. The zero-order chi connectivity index (χ0) is 30.5. The van der Waals surface area contributed by atoms with E-state index in [-0.39, 0.29) is 23.9 Å². The molecule has 0 N–H and O–H groups in total. The molecule has 0 unspecified atom stereocenters. The van der Waals surface area contributed by atoms with Gasteiger partial charge in [-0.3, -0.25) is 0 Å². The SMILES string of the molecule is CC(=Nc1c(Cl)cc(-c2ccccc2)cc1-c1ccccc1)C(C)=Nc1c(Cl)cc(-c2ccccc2)cc1-c1ccccc1.[CH3-].[Ni+2]. The van der Waals surface area contributed by atoms with Crippen molar-refractivity contribution in [2.75, 3.05) is 0 Å². The van der Waals surface area contributed by atoms with Crippen molar-refractivity contribution in [2.24, 2.45) is 9.98 Å². The molecule has 0 atom stereocenters. The molecule has 0 aromatic heterocycles. The van der Waals surface area contributed by atoms with Crippen LogP contribution in [-0.4, -0.2) is 11.4 Å². The first-order valence-electron chi connectivity index (χ1n) is 14.5. The Morgan fingerprint density at radius 3 is 1.00 bits per heavy atom. The molecule has 0 spiro atoms. The summed E-state index contributed by atoms with van der Waals surface area (Å²) in [6.07, 6.45) is 0. The van der Waals surface area contributed by atoms with E-state index < -0.39 is 0 Å². The van der Waals surface area contributed by atoms with Crippen LogP contribution >= 0.6 is 23.2 Å². The minimum Gasteiger partial charge on any atom is -0.358 e. The van der Waals surface area contributed by atoms with Gasteiger partial charge in [0.1, 0.15) is 0 Å². The second kappa shape index (κ2) is 15.8. The van der Waals surface area contributed by atoms with Gasteiger partial charge in [0.25, 0.3) is 0 Å². The molecule has 5 heteroatoms. The summed E-state index contributed by atoms with van der Waals surface area (Å²) in [6, 6.07) is 49.2. The minimum atomic E-state index is 0. The number of benzene rings is 6. The Morgan fingerprint density at radius 2 is 0.696 bits per heavy atom. The molecule has 0 radical (unpaired) electrons. The summed E-state index contributed by atoms with van der Waals surface area (Å²) in [5.74, 6) is 0. The number of aliphatic imine (C=N–C) groups is 2. The molecule has 230 valence electrons. The smallest absolute Gasteiger partial charge is 0.358 e. The molecule has 46 heavy (non-hydrogen) atoms. The monoisotopic (exact) mass is 681 g/mol. The van der Waals surface area contributed by atoms with Gasteiger partial charge in [0.05, 0.1) is 32.8 Å². The molecule has 0 amide bonds. The van der Waals surface area contributed by atoms with Gasteiger partial charge < -0.3 is 7.43 Å². The Morgan fingerprint density at radius 1 is 0.413 bits per heavy atom. The van der Waals surface area contributed by atoms with E-state index in [1.54, 1.807) is 0 Å². The predicted octanol–water partition coefficient (Wildman–Crippen LogP) is 13.0. The molecule has 6 aromatic rings. The fraction of sp³-hybridized carbons (Fsp3) is 0.0488. The van der Waals surface area contributed by atoms with E-state index in [2.05, 4.69) is 60.7 Å². The third kappa shape index (κ3) is 7.74. The normalized spacial score (nSPS) is 11.4. The van der Waals surface area contributed by atoms with Crippen molar-refractivity contribution in [3.05, 3.63) is 163 Å². The number of hydrogen-bond donors (Lipinski definition) is 0. The molecular weight excluding hydrogens is 650 g/mol. The maximum Gasteiger partial charge on any atom is 2.00 e. The van der Waals surface area contributed by atoms with Crippen LogP contribution in [-0.2, 0) is 16.5 Å². The van der Waals surface area contributed by atoms with E-state index in [0.29, 0.717) is 21.4 Å². The van der Waals surface area contributed by atoms with Crippen molar-refractivity contribution < 1.29 is 16.5 Å². The summed E-state index contributed by atoms with van der Waals surface area (Å²) in [4.78, 5) is 10.1. The van der Waals surface area contributed by atoms with Crippen LogP contribution in [0.15, 0.2) is 156 Å². The van der Waals surface area contributed by atoms with Crippen LogP contribution in [0.4, 0.5) is 11.4 Å². The summed E-state index contributed by atoms with van der Waals surface area (Å²) in [6.45, 7) is 3.92. The van der Waals surface area contributed by atoms with Crippen LogP contribution in [0.1, 0.15) is 13.8 Å². The summed E-state index contributed by atoms with van der Waals surface area (Å²) in [5.41, 5.74) is 11.2. The molecule has 0 saturated heterocycles. The first-order chi connectivity index (χ1) is 21.5. The third-order valence-corrected chi connectivity index (χ3v) is 8.17. The van der Waals surface area contributed by atoms with Gasteiger partial charge in [0.15, 0.2) is 0 Å². The quantitative estimate of drug-likeness (QED) is 0.0909. The molecule has 0 fully saturated rings. The van der Waals surface area contributed by atoms with E-state index in [1.165, 1.54) is 0 Å². The number of hydrogen-bond acceptors (Lipinski definition) is 2. The van der Waals surface area contributed by atoms with E-state index >= 15 is 0 Å². The van der Waals surface area contributed by atoms with E-state index in [0.717, 1.165) is 55.9 Å². The standard InChI is InChI=1S/C40H30Cl2N2.CH3.Ni/c1-27(43-39-35(31-19-11-5-12-20-31)23-33(25-37(39)41)29-15-7-3-8-16-29)28(2)44-40-36(32-21-13-6-14-22-32)24-34(26-38(40)42)30-17-9-4-10-18-30;;/h3-26H,1-2H3;1H3;/q;-1;+2. The molecule has 0 heterocycles. The van der Waals surface area contributed by atoms with Crippen LogP contribution in [0.3, 0.4) is 0 Å². The molecule has 0 saturated carbocycles. The zero-order valence-electron chi connectivity index (χ0n) is 25.8. The summed E-state index contributed by atoms with van der Waals surface area (Å²) >= 11 is 14.0. The Balaban J connectivity index is 0.00000240. The van der Waals surface area contributed by atoms with E-state index in [1.807, 2.05) is 98.8 Å². The first-order valence-corrected chi connectivity index (χ1v) is 15.2. The second-order valence-corrected chi connectivity index (χ2v) is 11.4. The predicted molar refractivity (Wildman–Crippen MR) is 197 cm³/mol. The van der Waals surface area contributed by atoms with E-state index in [9.17, 15) is 0 Å². The van der Waals surface area contributed by atoms with Crippen molar-refractivity contribution in [1.29, 1.82) is 0 Å². The van der Waals surface area contributed by atoms with Crippen LogP contribution in [0.5, 0.6) is 0 Å². The Labute approximate surface area is 292 Å². The van der Waals surface area contributed by atoms with Gasteiger partial charge in [-0.15, -0.1) is 0 Å². The largest absolute Gasteiger partial charge is 2.00 e. The molecule has 0 aliphatic rings. The Bertz CT molecular complexity index is 1830. The van der Waals surface area contributed by atoms with Crippen molar-refractivity contribution in [2.45, 2.75) is 13.8 Å². The first kappa shape index (κ1) is 34.6. The third-order valence-electron chi connectivity index (χ3n) is 7.59. The summed E-state index contributed by atoms with van der Waals surface area (Å²) in [5, 5.41) is 1.15. The molecule has 2 nitrogen and oxygen atoms in total. The fourth-order valence-electron chi connectivity index (χ4n) is 5.19. The van der Waals surface area contributed by atoms with Crippen LogP contribution in [0.2, 0.25) is 10.0 Å². The van der Waals surface area contributed by atoms with Gasteiger partial charge in [0.2, 0.25) is 0 Å². The molecule has 0 aliphatic carbocycles. The van der Waals surface area contributed by atoms with Crippen molar-refractivity contribution in [1.82, 2.24) is 0 Å². The molecule has 6 aromatic carbocycles. The van der Waals surface area contributed by atoms with Crippen molar-refractivity contribution in [3.8, 4) is 44.5 Å². The topological polar surface area (TPSA) is 24.7 Å². The van der Waals surface area contributed by atoms with Gasteiger partial charge in [-0.05, 0) is 71.5 Å². The maximum absolute atomic E-state index is 6.98. The van der Waals surface area contributed by atoms with Gasteiger partial charge in [-0.2, -0.15) is 0 Å². The van der Waals surface area contributed by atoms with Crippen LogP contribution < -0.4 is 0 Å². The van der Waals surface area contributed by atoms with Crippen LogP contribution in [0.25, 0.3) is 44.5 Å². The molecule has 6 rings (SSSR count). The van der Waals surface area contributed by atoms with Gasteiger partial charge >= 0.3 is 16.5 Å². The summed E-state index contributed by atoms with van der Waals surface area (Å²) in [7, 11) is 0. The average Bonchev–Trinajstić information content (AvgIpc) is 3.07. The molecule has 0 aliphatic heterocycles. The Kier molecular flexibility index (Phi) is 11.9. The van der Waals surface area contributed by atoms with Gasteiger partial charge in [-0.25, -0.2) is 9.98 Å². The van der Waals surface area contributed by atoms with Crippen LogP contribution in [0, 0.1) is 7.43 Å². The minimum absolute atomic E-state index is 0. The van der Waals surface area contributed by atoms with E-state index in [4.69, 9.17) is 33.2 Å². The van der Waals surface area contributed by atoms with Gasteiger partial charge in [0, 0.05) is 11.1 Å².